The highest BCUT2D eigenvalue weighted by Gasteiger charge is 2.22. The summed E-state index contributed by atoms with van der Waals surface area (Å²) in [4.78, 5) is 14.3. The van der Waals surface area contributed by atoms with Crippen LogP contribution in [0.5, 0.6) is 0 Å². The lowest BCUT2D eigenvalue weighted by molar-refractivity contribution is 0.250. The number of hydrogen-bond acceptors (Lipinski definition) is 3. The Kier molecular flexibility index (Phi) is 3.40. The van der Waals surface area contributed by atoms with Crippen LogP contribution >= 0.6 is 11.8 Å². The van der Waals surface area contributed by atoms with E-state index >= 15 is 0 Å². The van der Waals surface area contributed by atoms with E-state index in [1.165, 1.54) is 0 Å². The normalized spacial score (nSPS) is 22.2. The number of aliphatic imine (C=N–C) groups is 1. The van der Waals surface area contributed by atoms with Gasteiger partial charge in [-0.1, -0.05) is 6.92 Å². The van der Waals surface area contributed by atoms with Crippen LogP contribution in [0.2, 0.25) is 0 Å². The lowest BCUT2D eigenvalue weighted by Crippen LogP contribution is -2.36. The number of hydrogen-bond donors (Lipinski definition) is 2. The highest BCUT2D eigenvalue weighted by Crippen LogP contribution is 2.07. The van der Waals surface area contributed by atoms with E-state index < -0.39 is 0 Å². The molecule has 0 spiro atoms. The minimum absolute atomic E-state index is 0.0310. The van der Waals surface area contributed by atoms with Gasteiger partial charge >= 0.3 is 6.03 Å². The molecule has 2 amide bonds. The average molecular weight is 187 g/mol. The first-order valence-electron chi connectivity index (χ1n) is 3.96. The van der Waals surface area contributed by atoms with Gasteiger partial charge in [0.05, 0.1) is 6.04 Å². The molecule has 0 aliphatic carbocycles. The lowest BCUT2D eigenvalue weighted by Gasteiger charge is -2.08. The van der Waals surface area contributed by atoms with Crippen molar-refractivity contribution in [3.63, 3.8) is 0 Å². The number of amides is 2. The van der Waals surface area contributed by atoms with Crippen molar-refractivity contribution in [2.45, 2.75) is 19.4 Å². The third-order valence-electron chi connectivity index (χ3n) is 1.64. The molecule has 1 heterocycles. The van der Waals surface area contributed by atoms with Gasteiger partial charge in [-0.25, -0.2) is 4.79 Å². The molecule has 0 aromatic carbocycles. The number of rotatable bonds is 4. The third-order valence-corrected chi connectivity index (χ3v) is 2.57. The van der Waals surface area contributed by atoms with Crippen molar-refractivity contribution in [2.24, 2.45) is 10.7 Å². The summed E-state index contributed by atoms with van der Waals surface area (Å²) in [5.74, 6) is 2.53. The lowest BCUT2D eigenvalue weighted by atomic mass is 10.2. The van der Waals surface area contributed by atoms with Gasteiger partial charge < -0.3 is 11.1 Å². The van der Waals surface area contributed by atoms with Gasteiger partial charge in [0.2, 0.25) is 0 Å². The first kappa shape index (κ1) is 9.38. The number of thioether (sulfide) groups is 1. The predicted octanol–water partition coefficient (Wildman–Crippen LogP) is 0.579. The van der Waals surface area contributed by atoms with Gasteiger partial charge in [-0.3, -0.25) is 0 Å². The number of nitrogens with one attached hydrogen (secondary N) is 1. The summed E-state index contributed by atoms with van der Waals surface area (Å²) < 4.78 is 0. The van der Waals surface area contributed by atoms with Crippen molar-refractivity contribution in [3.8, 4) is 0 Å². The fraction of sp³-hybridized carbons (Fsp3) is 0.714. The zero-order chi connectivity index (χ0) is 8.97. The van der Waals surface area contributed by atoms with Crippen molar-refractivity contribution >= 4 is 23.6 Å². The second-order valence-electron chi connectivity index (χ2n) is 2.52. The second-order valence-corrected chi connectivity index (χ2v) is 3.92. The molecule has 0 saturated heterocycles. The van der Waals surface area contributed by atoms with Gasteiger partial charge in [-0.2, -0.15) is 16.8 Å². The molecule has 5 heteroatoms. The van der Waals surface area contributed by atoms with Crippen molar-refractivity contribution in [2.75, 3.05) is 11.5 Å². The second kappa shape index (κ2) is 4.35. The van der Waals surface area contributed by atoms with Crippen LogP contribution < -0.4 is 11.1 Å². The van der Waals surface area contributed by atoms with Gasteiger partial charge in [0.25, 0.3) is 0 Å². The molecular formula is C7H13N3OS. The van der Waals surface area contributed by atoms with Gasteiger partial charge in [-0.15, -0.1) is 0 Å². The number of carbonyl (C=O) groups excluding carboxylic acids is 1. The highest BCUT2D eigenvalue weighted by atomic mass is 32.2. The molecule has 68 valence electrons. The molecule has 0 saturated carbocycles. The summed E-state index contributed by atoms with van der Waals surface area (Å²) in [6, 6.07) is -0.337. The average Bonchev–Trinajstić information content (AvgIpc) is 2.31. The van der Waals surface area contributed by atoms with E-state index in [4.69, 9.17) is 5.73 Å². The van der Waals surface area contributed by atoms with Crippen LogP contribution in [0.3, 0.4) is 0 Å². The van der Waals surface area contributed by atoms with Gasteiger partial charge in [0.1, 0.15) is 5.84 Å². The SMILES string of the molecule is CCSCCC1NC(=O)N=C1N. The first-order chi connectivity index (χ1) is 5.74. The van der Waals surface area contributed by atoms with E-state index in [0.29, 0.717) is 5.84 Å². The van der Waals surface area contributed by atoms with E-state index in [1.54, 1.807) is 0 Å². The van der Waals surface area contributed by atoms with Crippen LogP contribution in [-0.4, -0.2) is 29.4 Å². The Morgan fingerprint density at radius 3 is 3.00 bits per heavy atom. The quantitative estimate of drug-likeness (QED) is 0.632. The molecule has 0 radical (unpaired) electrons. The Hall–Kier alpha value is -0.710. The standard InChI is InChI=1S/C7H13N3OS/c1-2-12-4-3-5-6(8)10-7(11)9-5/h5H,2-4H2,1H3,(H3,8,9,10,11). The largest absolute Gasteiger partial charge is 0.385 e. The molecule has 1 rings (SSSR count). The molecule has 12 heavy (non-hydrogen) atoms. The van der Waals surface area contributed by atoms with Gasteiger partial charge in [-0.05, 0) is 17.9 Å². The molecule has 0 aromatic rings. The van der Waals surface area contributed by atoms with Gasteiger partial charge in [0, 0.05) is 0 Å². The number of nitrogens with zero attached hydrogens (tertiary/aromatic N) is 1. The Morgan fingerprint density at radius 1 is 1.75 bits per heavy atom. The molecule has 0 aromatic heterocycles. The first-order valence-corrected chi connectivity index (χ1v) is 5.11. The van der Waals surface area contributed by atoms with Crippen molar-refractivity contribution in [1.82, 2.24) is 5.32 Å². The summed E-state index contributed by atoms with van der Waals surface area (Å²) in [5.41, 5.74) is 5.51. The van der Waals surface area contributed by atoms with Crippen LogP contribution in [0.4, 0.5) is 4.79 Å². The van der Waals surface area contributed by atoms with Crippen LogP contribution in [0.15, 0.2) is 4.99 Å². The summed E-state index contributed by atoms with van der Waals surface area (Å²) in [6.07, 6.45) is 0.875. The molecule has 1 atom stereocenters. The predicted molar refractivity (Wildman–Crippen MR) is 51.6 cm³/mol. The van der Waals surface area contributed by atoms with Gasteiger partial charge in [0.15, 0.2) is 0 Å². The fourth-order valence-corrected chi connectivity index (χ4v) is 1.71. The van der Waals surface area contributed by atoms with Crippen LogP contribution in [0.25, 0.3) is 0 Å². The maximum Gasteiger partial charge on any atom is 0.343 e. The number of urea groups is 1. The molecule has 3 N–H and O–H groups in total. The van der Waals surface area contributed by atoms with Crippen molar-refractivity contribution in [1.29, 1.82) is 0 Å². The minimum Gasteiger partial charge on any atom is -0.385 e. The molecule has 1 aliphatic rings. The molecule has 1 aliphatic heterocycles. The van der Waals surface area contributed by atoms with E-state index in [1.807, 2.05) is 11.8 Å². The van der Waals surface area contributed by atoms with E-state index in [-0.39, 0.29) is 12.1 Å². The topological polar surface area (TPSA) is 67.5 Å². The third kappa shape index (κ3) is 2.41. The van der Waals surface area contributed by atoms with Crippen LogP contribution in [-0.2, 0) is 0 Å². The maximum atomic E-state index is 10.7. The summed E-state index contributed by atoms with van der Waals surface area (Å²) in [6.45, 7) is 2.11. The minimum atomic E-state index is -0.306. The highest BCUT2D eigenvalue weighted by molar-refractivity contribution is 7.99. The molecule has 0 fully saturated rings. The number of amidine groups is 1. The number of nitrogens with two attached hydrogens (primary N) is 1. The molecular weight excluding hydrogens is 174 g/mol. The fourth-order valence-electron chi connectivity index (χ4n) is 1.02. The summed E-state index contributed by atoms with van der Waals surface area (Å²) in [5, 5.41) is 2.68. The zero-order valence-corrected chi connectivity index (χ0v) is 7.86. The monoisotopic (exact) mass is 187 g/mol. The van der Waals surface area contributed by atoms with E-state index in [0.717, 1.165) is 17.9 Å². The smallest absolute Gasteiger partial charge is 0.343 e. The Bertz CT molecular complexity index is 205. The van der Waals surface area contributed by atoms with Crippen molar-refractivity contribution in [3.05, 3.63) is 0 Å². The molecule has 0 bridgehead atoms. The zero-order valence-electron chi connectivity index (χ0n) is 7.04. The van der Waals surface area contributed by atoms with Crippen molar-refractivity contribution < 1.29 is 4.79 Å². The Balaban J connectivity index is 2.26. The molecule has 1 unspecified atom stereocenters. The van der Waals surface area contributed by atoms with Crippen LogP contribution in [0, 0.1) is 0 Å². The molecule has 4 nitrogen and oxygen atoms in total. The van der Waals surface area contributed by atoms with E-state index in [2.05, 4.69) is 17.2 Å². The van der Waals surface area contributed by atoms with E-state index in [9.17, 15) is 4.79 Å². The summed E-state index contributed by atoms with van der Waals surface area (Å²) in [7, 11) is 0. The number of carbonyl (C=O) groups is 1. The maximum absolute atomic E-state index is 10.7. The Morgan fingerprint density at radius 2 is 2.50 bits per heavy atom. The Labute approximate surface area is 76.0 Å². The summed E-state index contributed by atoms with van der Waals surface area (Å²) >= 11 is 1.84. The van der Waals surface area contributed by atoms with Crippen LogP contribution in [0.1, 0.15) is 13.3 Å².